The van der Waals surface area contributed by atoms with Crippen LogP contribution in [0, 0.1) is 0 Å². The summed E-state index contributed by atoms with van der Waals surface area (Å²) in [5, 5.41) is 9.65. The van der Waals surface area contributed by atoms with Gasteiger partial charge in [0, 0.05) is 17.8 Å². The van der Waals surface area contributed by atoms with Crippen molar-refractivity contribution in [2.24, 2.45) is 0 Å². The third kappa shape index (κ3) is 3.94. The number of hydrogen-bond donors (Lipinski definition) is 1. The first-order valence-corrected chi connectivity index (χ1v) is 9.85. The van der Waals surface area contributed by atoms with Crippen molar-refractivity contribution in [2.45, 2.75) is 50.7 Å². The van der Waals surface area contributed by atoms with Crippen LogP contribution >= 0.6 is 0 Å². The molecule has 2 aliphatic rings. The summed E-state index contributed by atoms with van der Waals surface area (Å²) in [5.41, 5.74) is -1.03. The van der Waals surface area contributed by atoms with E-state index in [1.165, 1.54) is 30.0 Å². The van der Waals surface area contributed by atoms with E-state index in [4.69, 9.17) is 18.9 Å². The molecule has 0 bridgehead atoms. The predicted octanol–water partition coefficient (Wildman–Crippen LogP) is 0.311. The van der Waals surface area contributed by atoms with Crippen LogP contribution in [0.5, 0.6) is 5.75 Å². The Morgan fingerprint density at radius 1 is 1.19 bits per heavy atom. The number of fused-ring (bicyclic) bond motifs is 1. The minimum atomic E-state index is -0.921. The molecule has 0 unspecified atom stereocenters. The summed E-state index contributed by atoms with van der Waals surface area (Å²) in [6.07, 6.45) is -1.55. The van der Waals surface area contributed by atoms with Crippen molar-refractivity contribution < 1.29 is 28.8 Å². The second kappa shape index (κ2) is 8.04. The highest BCUT2D eigenvalue weighted by Gasteiger charge is 2.55. The van der Waals surface area contributed by atoms with Crippen molar-refractivity contribution in [1.82, 2.24) is 9.13 Å². The van der Waals surface area contributed by atoms with Crippen molar-refractivity contribution >= 4 is 5.78 Å². The van der Waals surface area contributed by atoms with Gasteiger partial charge in [-0.05, 0) is 26.0 Å². The summed E-state index contributed by atoms with van der Waals surface area (Å²) in [6.45, 7) is 2.69. The molecule has 31 heavy (non-hydrogen) atoms. The minimum Gasteiger partial charge on any atom is -0.497 e. The van der Waals surface area contributed by atoms with Crippen LogP contribution in [-0.4, -0.2) is 57.8 Å². The van der Waals surface area contributed by atoms with E-state index in [2.05, 4.69) is 0 Å². The number of hydrogen-bond acceptors (Lipinski definition) is 8. The Balaban J connectivity index is 1.66. The second-order valence-corrected chi connectivity index (χ2v) is 7.90. The summed E-state index contributed by atoms with van der Waals surface area (Å²) in [4.78, 5) is 38.2. The van der Waals surface area contributed by atoms with Gasteiger partial charge >= 0.3 is 5.69 Å². The van der Waals surface area contributed by atoms with Crippen molar-refractivity contribution in [3.63, 3.8) is 0 Å². The maximum absolute atomic E-state index is 13.1. The van der Waals surface area contributed by atoms with Crippen LogP contribution in [0.2, 0.25) is 0 Å². The van der Waals surface area contributed by atoms with Gasteiger partial charge in [-0.2, -0.15) is 0 Å². The third-order valence-corrected chi connectivity index (χ3v) is 5.37. The van der Waals surface area contributed by atoms with Gasteiger partial charge in [-0.3, -0.25) is 18.7 Å². The van der Waals surface area contributed by atoms with E-state index in [-0.39, 0.29) is 6.61 Å². The fourth-order valence-electron chi connectivity index (χ4n) is 3.93. The molecule has 0 saturated carbocycles. The molecule has 1 aromatic carbocycles. The Hall–Kier alpha value is -2.79. The molecule has 3 heterocycles. The Morgan fingerprint density at radius 2 is 1.94 bits per heavy atom. The molecule has 1 N–H and O–H groups in total. The van der Waals surface area contributed by atoms with Gasteiger partial charge in [0.05, 0.1) is 20.3 Å². The molecule has 10 heteroatoms. The summed E-state index contributed by atoms with van der Waals surface area (Å²) in [6, 6.07) is 7.65. The first kappa shape index (κ1) is 21.4. The highest BCUT2D eigenvalue weighted by atomic mass is 16.8. The van der Waals surface area contributed by atoms with Gasteiger partial charge in [0.15, 0.2) is 17.8 Å². The van der Waals surface area contributed by atoms with E-state index in [0.29, 0.717) is 11.3 Å². The lowest BCUT2D eigenvalue weighted by atomic mass is 10.1. The van der Waals surface area contributed by atoms with Crippen LogP contribution in [0.25, 0.3) is 0 Å². The smallest absolute Gasteiger partial charge is 0.333 e. The van der Waals surface area contributed by atoms with E-state index in [1.54, 1.807) is 32.0 Å². The van der Waals surface area contributed by atoms with E-state index >= 15 is 0 Å². The lowest BCUT2D eigenvalue weighted by molar-refractivity contribution is -0.200. The third-order valence-electron chi connectivity index (χ3n) is 5.37. The normalized spacial score (nSPS) is 26.6. The van der Waals surface area contributed by atoms with E-state index < -0.39 is 53.9 Å². The molecular formula is C21H24N2O8. The number of Topliss-reactive ketones (excluding diaryl/α,β-unsaturated/α-hetero) is 1. The number of ether oxygens (including phenoxy) is 4. The molecule has 0 aliphatic carbocycles. The molecule has 1 aromatic heterocycles. The number of carbonyl (C=O) groups is 1. The predicted molar refractivity (Wildman–Crippen MR) is 107 cm³/mol. The molecule has 0 radical (unpaired) electrons. The van der Waals surface area contributed by atoms with Crippen LogP contribution in [0.3, 0.4) is 0 Å². The minimum absolute atomic E-state index is 0.313. The zero-order valence-electron chi connectivity index (χ0n) is 17.4. The van der Waals surface area contributed by atoms with Crippen LogP contribution < -0.4 is 16.0 Å². The zero-order valence-corrected chi connectivity index (χ0v) is 17.4. The van der Waals surface area contributed by atoms with Gasteiger partial charge in [-0.1, -0.05) is 12.1 Å². The number of nitrogens with zero attached hydrogens (tertiary/aromatic N) is 2. The summed E-state index contributed by atoms with van der Waals surface area (Å²) in [7, 11) is 1.48. The van der Waals surface area contributed by atoms with Gasteiger partial charge in [0.2, 0.25) is 0 Å². The van der Waals surface area contributed by atoms with Gasteiger partial charge in [0.1, 0.15) is 24.1 Å². The fraction of sp³-hybridized carbons (Fsp3) is 0.476. The van der Waals surface area contributed by atoms with E-state index in [1.807, 2.05) is 0 Å². The number of methoxy groups -OCH3 is 1. The van der Waals surface area contributed by atoms with Crippen molar-refractivity contribution in [1.29, 1.82) is 0 Å². The van der Waals surface area contributed by atoms with Gasteiger partial charge < -0.3 is 24.1 Å². The first-order chi connectivity index (χ1) is 14.7. The molecule has 2 aromatic rings. The van der Waals surface area contributed by atoms with Crippen molar-refractivity contribution in [3.05, 3.63) is 62.9 Å². The van der Waals surface area contributed by atoms with Crippen LogP contribution in [0.15, 0.2) is 46.1 Å². The summed E-state index contributed by atoms with van der Waals surface area (Å²) < 4.78 is 24.6. The topological polar surface area (TPSA) is 118 Å². The van der Waals surface area contributed by atoms with E-state index in [9.17, 15) is 19.5 Å². The molecule has 2 fully saturated rings. The number of aliphatic hydroxyl groups is 1. The number of rotatable bonds is 6. The van der Waals surface area contributed by atoms with Crippen LogP contribution in [-0.2, 0) is 20.8 Å². The molecular weight excluding hydrogens is 408 g/mol. The lowest BCUT2D eigenvalue weighted by Gasteiger charge is -2.24. The number of benzene rings is 1. The maximum Gasteiger partial charge on any atom is 0.333 e. The first-order valence-electron chi connectivity index (χ1n) is 9.85. The highest BCUT2D eigenvalue weighted by Crippen LogP contribution is 2.42. The molecule has 10 nitrogen and oxygen atoms in total. The molecule has 4 rings (SSSR count). The van der Waals surface area contributed by atoms with Gasteiger partial charge in [-0.25, -0.2) is 4.79 Å². The molecule has 2 aliphatic heterocycles. The molecule has 0 amide bonds. The van der Waals surface area contributed by atoms with Gasteiger partial charge in [-0.15, -0.1) is 0 Å². The Morgan fingerprint density at radius 3 is 2.65 bits per heavy atom. The monoisotopic (exact) mass is 432 g/mol. The lowest BCUT2D eigenvalue weighted by Crippen LogP contribution is -2.44. The standard InChI is InChI=1S/C21H24N2O8/c1-21(2)30-17-15(11-24)29-19(18(17)31-21)22-8-7-16(26)23(20(22)27)10-14(25)12-5-4-6-13(9-12)28-3/h4-9,15,17-19,24H,10-11H2,1-3H3/t15-,17-,18-,19-/m1/s1. The maximum atomic E-state index is 13.1. The largest absolute Gasteiger partial charge is 0.497 e. The van der Waals surface area contributed by atoms with Crippen LogP contribution in [0.1, 0.15) is 30.4 Å². The Bertz CT molecular complexity index is 1110. The van der Waals surface area contributed by atoms with Crippen molar-refractivity contribution in [3.8, 4) is 5.75 Å². The second-order valence-electron chi connectivity index (χ2n) is 7.90. The average Bonchev–Trinajstić information content (AvgIpc) is 3.23. The Labute approximate surface area is 177 Å². The quantitative estimate of drug-likeness (QED) is 0.648. The number of aliphatic hydroxyl groups excluding tert-OH is 1. The van der Waals surface area contributed by atoms with Crippen LogP contribution in [0.4, 0.5) is 0 Å². The highest BCUT2D eigenvalue weighted by molar-refractivity contribution is 5.96. The van der Waals surface area contributed by atoms with Gasteiger partial charge in [0.25, 0.3) is 5.56 Å². The fourth-order valence-corrected chi connectivity index (χ4v) is 3.93. The zero-order chi connectivity index (χ0) is 22.3. The Kier molecular flexibility index (Phi) is 5.56. The van der Waals surface area contributed by atoms with Crippen molar-refractivity contribution in [2.75, 3.05) is 13.7 Å². The molecule has 166 valence electrons. The summed E-state index contributed by atoms with van der Waals surface area (Å²) in [5.74, 6) is -0.841. The number of aromatic nitrogens is 2. The number of carbonyl (C=O) groups excluding carboxylic acids is 1. The molecule has 4 atom stereocenters. The SMILES string of the molecule is COc1cccc(C(=O)Cn2c(=O)ccn([C@@H]3O[C@H](CO)[C@H]4OC(C)(C)O[C@H]43)c2=O)c1. The molecule has 0 spiro atoms. The molecule has 2 saturated heterocycles. The van der Waals surface area contributed by atoms with E-state index in [0.717, 1.165) is 4.57 Å². The average molecular weight is 432 g/mol. The summed E-state index contributed by atoms with van der Waals surface area (Å²) >= 11 is 0. The number of ketones is 1.